The average molecular weight is 505 g/mol. The van der Waals surface area contributed by atoms with Crippen LogP contribution in [0.1, 0.15) is 24.7 Å². The van der Waals surface area contributed by atoms with Gasteiger partial charge in [-0.3, -0.25) is 0 Å². The Kier molecular flexibility index (Phi) is 10.5. The summed E-state index contributed by atoms with van der Waals surface area (Å²) in [6.45, 7) is 3.18. The van der Waals surface area contributed by atoms with Gasteiger partial charge in [-0.05, 0) is 31.0 Å². The second-order valence-electron chi connectivity index (χ2n) is 6.37. The molecule has 0 aliphatic heterocycles. The average Bonchev–Trinajstić information content (AvgIpc) is 3.11. The van der Waals surface area contributed by atoms with E-state index in [1.165, 1.54) is 6.26 Å². The Labute approximate surface area is 178 Å². The van der Waals surface area contributed by atoms with Crippen LogP contribution in [-0.4, -0.2) is 39.0 Å². The standard InChI is InChI=1S/C19H27N3O3S.HI/c1-16(11-14-26(2,23)24)22-19(20-12-10-18-9-6-13-25-18)21-15-17-7-4-3-5-8-17;/h3-9,13,16H,10-12,14-15H2,1-2H3,(H2,20,21,22);1H. The van der Waals surface area contributed by atoms with Crippen LogP contribution in [0.25, 0.3) is 0 Å². The summed E-state index contributed by atoms with van der Waals surface area (Å²) in [5.74, 6) is 1.73. The van der Waals surface area contributed by atoms with E-state index in [1.54, 1.807) is 6.26 Å². The van der Waals surface area contributed by atoms with Crippen molar-refractivity contribution in [3.63, 3.8) is 0 Å². The van der Waals surface area contributed by atoms with Crippen molar-refractivity contribution in [3.8, 4) is 0 Å². The fourth-order valence-corrected chi connectivity index (χ4v) is 3.14. The van der Waals surface area contributed by atoms with Gasteiger partial charge in [-0.25, -0.2) is 13.4 Å². The molecule has 6 nitrogen and oxygen atoms in total. The zero-order valence-corrected chi connectivity index (χ0v) is 18.9. The molecule has 8 heteroatoms. The number of guanidine groups is 1. The number of rotatable bonds is 9. The van der Waals surface area contributed by atoms with Crippen LogP contribution in [0, 0.1) is 0 Å². The molecule has 1 aromatic carbocycles. The fraction of sp³-hybridized carbons (Fsp3) is 0.421. The lowest BCUT2D eigenvalue weighted by Gasteiger charge is -2.18. The number of hydrogen-bond donors (Lipinski definition) is 2. The highest BCUT2D eigenvalue weighted by Gasteiger charge is 2.10. The van der Waals surface area contributed by atoms with Crippen LogP contribution in [0.15, 0.2) is 58.1 Å². The molecule has 0 aliphatic rings. The first-order valence-corrected chi connectivity index (χ1v) is 10.8. The summed E-state index contributed by atoms with van der Waals surface area (Å²) in [6.07, 6.45) is 4.19. The predicted molar refractivity (Wildman–Crippen MR) is 120 cm³/mol. The molecule has 0 amide bonds. The predicted octanol–water partition coefficient (Wildman–Crippen LogP) is 3.00. The van der Waals surface area contributed by atoms with Gasteiger partial charge in [-0.1, -0.05) is 30.3 Å². The van der Waals surface area contributed by atoms with E-state index in [4.69, 9.17) is 4.42 Å². The van der Waals surface area contributed by atoms with Gasteiger partial charge in [0.1, 0.15) is 15.6 Å². The monoisotopic (exact) mass is 505 g/mol. The maximum Gasteiger partial charge on any atom is 0.191 e. The van der Waals surface area contributed by atoms with Crippen LogP contribution >= 0.6 is 24.0 Å². The number of halogens is 1. The van der Waals surface area contributed by atoms with Crippen LogP contribution in [0.5, 0.6) is 0 Å². The van der Waals surface area contributed by atoms with Crippen LogP contribution in [0.3, 0.4) is 0 Å². The Bertz CT molecular complexity index is 778. The van der Waals surface area contributed by atoms with E-state index in [2.05, 4.69) is 15.6 Å². The first-order chi connectivity index (χ1) is 12.4. The van der Waals surface area contributed by atoms with E-state index in [-0.39, 0.29) is 35.8 Å². The maximum atomic E-state index is 11.4. The zero-order chi connectivity index (χ0) is 18.8. The summed E-state index contributed by atoms with van der Waals surface area (Å²) in [5.41, 5.74) is 1.11. The van der Waals surface area contributed by atoms with Crippen LogP contribution in [-0.2, 0) is 22.8 Å². The van der Waals surface area contributed by atoms with E-state index in [9.17, 15) is 8.42 Å². The normalized spacial score (nSPS) is 12.9. The summed E-state index contributed by atoms with van der Waals surface area (Å²) in [4.78, 5) is 4.61. The van der Waals surface area contributed by atoms with Gasteiger partial charge in [0, 0.05) is 25.3 Å². The van der Waals surface area contributed by atoms with Crippen molar-refractivity contribution in [1.82, 2.24) is 10.6 Å². The van der Waals surface area contributed by atoms with E-state index >= 15 is 0 Å². The van der Waals surface area contributed by atoms with Crippen molar-refractivity contribution < 1.29 is 12.8 Å². The van der Waals surface area contributed by atoms with E-state index in [1.807, 2.05) is 49.4 Å². The van der Waals surface area contributed by atoms with Gasteiger partial charge in [0.25, 0.3) is 0 Å². The lowest BCUT2D eigenvalue weighted by Crippen LogP contribution is -2.43. The molecular weight excluding hydrogens is 477 g/mol. The first-order valence-electron chi connectivity index (χ1n) is 8.71. The lowest BCUT2D eigenvalue weighted by atomic mass is 10.2. The highest BCUT2D eigenvalue weighted by atomic mass is 127. The second kappa shape index (κ2) is 12.0. The third-order valence-corrected chi connectivity index (χ3v) is 4.79. The van der Waals surface area contributed by atoms with Crippen molar-refractivity contribution in [2.45, 2.75) is 32.4 Å². The van der Waals surface area contributed by atoms with Gasteiger partial charge in [0.2, 0.25) is 0 Å². The maximum absolute atomic E-state index is 11.4. The van der Waals surface area contributed by atoms with E-state index in [0.29, 0.717) is 25.5 Å². The molecule has 150 valence electrons. The third-order valence-electron chi connectivity index (χ3n) is 3.81. The molecule has 2 N–H and O–H groups in total. The molecule has 0 spiro atoms. The van der Waals surface area contributed by atoms with E-state index in [0.717, 1.165) is 17.7 Å². The van der Waals surface area contributed by atoms with Gasteiger partial charge in [-0.15, -0.1) is 24.0 Å². The molecule has 1 aromatic heterocycles. The van der Waals surface area contributed by atoms with Crippen molar-refractivity contribution in [3.05, 3.63) is 60.1 Å². The topological polar surface area (TPSA) is 83.7 Å². The Morgan fingerprint density at radius 1 is 1.19 bits per heavy atom. The van der Waals surface area contributed by atoms with Gasteiger partial charge < -0.3 is 15.1 Å². The van der Waals surface area contributed by atoms with Gasteiger partial charge in [0.05, 0.1) is 18.6 Å². The SMILES string of the molecule is CC(CCS(C)(=O)=O)NC(=NCc1ccccc1)NCCc1ccco1.I. The molecule has 2 rings (SSSR count). The van der Waals surface area contributed by atoms with E-state index < -0.39 is 9.84 Å². The molecule has 1 unspecified atom stereocenters. The number of sulfone groups is 1. The van der Waals surface area contributed by atoms with Gasteiger partial charge in [-0.2, -0.15) is 0 Å². The summed E-state index contributed by atoms with van der Waals surface area (Å²) in [7, 11) is -2.97. The number of hydrogen-bond acceptors (Lipinski definition) is 4. The minimum atomic E-state index is -2.97. The molecule has 0 aliphatic carbocycles. The molecular formula is C19H28IN3O3S. The molecule has 0 saturated heterocycles. The van der Waals surface area contributed by atoms with Crippen LogP contribution in [0.4, 0.5) is 0 Å². The zero-order valence-electron chi connectivity index (χ0n) is 15.7. The Hall–Kier alpha value is -1.55. The Balaban J connectivity index is 0.00000364. The molecule has 1 heterocycles. The highest BCUT2D eigenvalue weighted by Crippen LogP contribution is 2.02. The smallest absolute Gasteiger partial charge is 0.191 e. The molecule has 27 heavy (non-hydrogen) atoms. The van der Waals surface area contributed by atoms with Crippen molar-refractivity contribution >= 4 is 39.8 Å². The summed E-state index contributed by atoms with van der Waals surface area (Å²) in [5, 5.41) is 6.57. The highest BCUT2D eigenvalue weighted by molar-refractivity contribution is 14.0. The number of nitrogens with one attached hydrogen (secondary N) is 2. The molecule has 2 aromatic rings. The number of nitrogens with zero attached hydrogens (tertiary/aromatic N) is 1. The number of benzene rings is 1. The largest absolute Gasteiger partial charge is 0.469 e. The number of furan rings is 1. The Morgan fingerprint density at radius 2 is 1.93 bits per heavy atom. The molecule has 0 fully saturated rings. The summed E-state index contributed by atoms with van der Waals surface area (Å²) in [6, 6.07) is 13.8. The quantitative estimate of drug-likeness (QED) is 0.311. The molecule has 0 radical (unpaired) electrons. The summed E-state index contributed by atoms with van der Waals surface area (Å²) < 4.78 is 28.0. The molecule has 1 atom stereocenters. The Morgan fingerprint density at radius 3 is 2.56 bits per heavy atom. The van der Waals surface area contributed by atoms with Crippen molar-refractivity contribution in [2.24, 2.45) is 4.99 Å². The molecule has 0 bridgehead atoms. The van der Waals surface area contributed by atoms with Crippen molar-refractivity contribution in [2.75, 3.05) is 18.6 Å². The van der Waals surface area contributed by atoms with Crippen LogP contribution in [0.2, 0.25) is 0 Å². The first kappa shape index (κ1) is 23.5. The minimum absolute atomic E-state index is 0. The minimum Gasteiger partial charge on any atom is -0.469 e. The van der Waals surface area contributed by atoms with Crippen molar-refractivity contribution in [1.29, 1.82) is 0 Å². The van der Waals surface area contributed by atoms with Gasteiger partial charge in [0.15, 0.2) is 5.96 Å². The third kappa shape index (κ3) is 10.4. The number of aliphatic imine (C=N–C) groups is 1. The summed E-state index contributed by atoms with van der Waals surface area (Å²) >= 11 is 0. The molecule has 0 saturated carbocycles. The van der Waals surface area contributed by atoms with Crippen LogP contribution < -0.4 is 10.6 Å². The fourth-order valence-electron chi connectivity index (χ4n) is 2.36. The second-order valence-corrected chi connectivity index (χ2v) is 8.63. The van der Waals surface area contributed by atoms with Gasteiger partial charge >= 0.3 is 0 Å². The lowest BCUT2D eigenvalue weighted by molar-refractivity contribution is 0.506.